The molecule has 0 spiro atoms. The third kappa shape index (κ3) is 5.82. The predicted octanol–water partition coefficient (Wildman–Crippen LogP) is 4.12. The normalized spacial score (nSPS) is 17.8. The SMILES string of the molecule is CCc1c(F)ccc2cc(O)cc(N3Cc4nc(OCCN5CCN(C(C)=O)CC5)nc(N5CCCCCC5)c4C3=O)c12. The lowest BCUT2D eigenvalue weighted by molar-refractivity contribution is -0.130. The van der Waals surface area contributed by atoms with Crippen molar-refractivity contribution in [2.24, 2.45) is 0 Å². The Bertz CT molecular complexity index is 1530. The summed E-state index contributed by atoms with van der Waals surface area (Å²) in [5.74, 6) is 0.0847. The molecule has 6 rings (SSSR count). The summed E-state index contributed by atoms with van der Waals surface area (Å²) in [6.07, 6.45) is 4.72. The molecule has 4 heterocycles. The lowest BCUT2D eigenvalue weighted by Crippen LogP contribution is -2.48. The molecule has 10 nitrogen and oxygen atoms in total. The highest BCUT2D eigenvalue weighted by molar-refractivity contribution is 6.16. The second-order valence-corrected chi connectivity index (χ2v) is 11.6. The topological polar surface area (TPSA) is 102 Å². The zero-order valence-corrected chi connectivity index (χ0v) is 24.9. The molecule has 0 radical (unpaired) electrons. The number of carbonyl (C=O) groups is 2. The van der Waals surface area contributed by atoms with Crippen LogP contribution in [-0.2, 0) is 17.8 Å². The molecule has 1 N–H and O–H groups in total. The molecule has 228 valence electrons. The number of ether oxygens (including phenoxy) is 1. The summed E-state index contributed by atoms with van der Waals surface area (Å²) < 4.78 is 21.0. The van der Waals surface area contributed by atoms with E-state index in [-0.39, 0.29) is 35.9 Å². The number of fused-ring (bicyclic) bond motifs is 2. The van der Waals surface area contributed by atoms with Gasteiger partial charge in [0.05, 0.1) is 17.9 Å². The molecule has 11 heteroatoms. The van der Waals surface area contributed by atoms with Crippen LogP contribution in [-0.4, -0.2) is 89.1 Å². The third-order valence-corrected chi connectivity index (χ3v) is 8.85. The van der Waals surface area contributed by atoms with Crippen molar-refractivity contribution in [3.05, 3.63) is 46.9 Å². The van der Waals surface area contributed by atoms with Crippen LogP contribution < -0.4 is 14.5 Å². The van der Waals surface area contributed by atoms with Gasteiger partial charge in [-0.1, -0.05) is 25.8 Å². The zero-order valence-electron chi connectivity index (χ0n) is 24.9. The molecule has 2 saturated heterocycles. The number of amides is 2. The summed E-state index contributed by atoms with van der Waals surface area (Å²) in [4.78, 5) is 43.2. The van der Waals surface area contributed by atoms with Crippen LogP contribution in [0.5, 0.6) is 11.8 Å². The highest BCUT2D eigenvalue weighted by atomic mass is 19.1. The van der Waals surface area contributed by atoms with E-state index in [0.717, 1.165) is 51.9 Å². The molecular formula is C32H39FN6O4. The van der Waals surface area contributed by atoms with Crippen molar-refractivity contribution < 1.29 is 23.8 Å². The van der Waals surface area contributed by atoms with E-state index in [0.29, 0.717) is 71.8 Å². The van der Waals surface area contributed by atoms with Crippen molar-refractivity contribution in [3.63, 3.8) is 0 Å². The van der Waals surface area contributed by atoms with Crippen LogP contribution >= 0.6 is 0 Å². The molecule has 3 aromatic rings. The molecule has 0 unspecified atom stereocenters. The first kappa shape index (κ1) is 29.1. The van der Waals surface area contributed by atoms with Crippen LogP contribution in [0.1, 0.15) is 61.1 Å². The Labute approximate surface area is 251 Å². The second-order valence-electron chi connectivity index (χ2n) is 11.6. The molecule has 3 aliphatic heterocycles. The van der Waals surface area contributed by atoms with Gasteiger partial charge >= 0.3 is 6.01 Å². The molecule has 43 heavy (non-hydrogen) atoms. The minimum atomic E-state index is -0.338. The van der Waals surface area contributed by atoms with Crippen LogP contribution in [0.3, 0.4) is 0 Å². The number of halogens is 1. The van der Waals surface area contributed by atoms with Gasteiger partial charge in [0.2, 0.25) is 5.91 Å². The number of benzene rings is 2. The zero-order chi connectivity index (χ0) is 30.1. The van der Waals surface area contributed by atoms with E-state index in [2.05, 4.69) is 9.80 Å². The largest absolute Gasteiger partial charge is 0.508 e. The van der Waals surface area contributed by atoms with Gasteiger partial charge in [-0.3, -0.25) is 14.5 Å². The van der Waals surface area contributed by atoms with E-state index in [1.807, 2.05) is 11.8 Å². The van der Waals surface area contributed by atoms with Crippen molar-refractivity contribution in [2.45, 2.75) is 52.5 Å². The molecule has 0 aliphatic carbocycles. The quantitative estimate of drug-likeness (QED) is 0.439. The van der Waals surface area contributed by atoms with Gasteiger partial charge in [0, 0.05) is 64.2 Å². The minimum absolute atomic E-state index is 0.00639. The molecule has 0 saturated carbocycles. The van der Waals surface area contributed by atoms with Gasteiger partial charge in [-0.05, 0) is 42.3 Å². The molecule has 2 aromatic carbocycles. The monoisotopic (exact) mass is 590 g/mol. The molecule has 2 fully saturated rings. The number of carbonyl (C=O) groups excluding carboxylic acids is 2. The Morgan fingerprint density at radius 1 is 1.02 bits per heavy atom. The van der Waals surface area contributed by atoms with Crippen LogP contribution in [0.25, 0.3) is 10.8 Å². The second kappa shape index (κ2) is 12.3. The van der Waals surface area contributed by atoms with Gasteiger partial charge in [0.25, 0.3) is 5.91 Å². The number of phenolic OH excluding ortho intramolecular Hbond substituents is 1. The molecule has 2 amide bonds. The Morgan fingerprint density at radius 3 is 2.47 bits per heavy atom. The molecule has 0 bridgehead atoms. The number of piperazine rings is 1. The van der Waals surface area contributed by atoms with Gasteiger partial charge in [-0.15, -0.1) is 0 Å². The lowest BCUT2D eigenvalue weighted by atomic mass is 9.99. The lowest BCUT2D eigenvalue weighted by Gasteiger charge is -2.33. The highest BCUT2D eigenvalue weighted by Gasteiger charge is 2.37. The van der Waals surface area contributed by atoms with Crippen molar-refractivity contribution in [1.82, 2.24) is 19.8 Å². The molecule has 1 aromatic heterocycles. The van der Waals surface area contributed by atoms with Crippen LogP contribution in [0, 0.1) is 5.82 Å². The standard InChI is InChI=1S/C32H39FN6O4/c1-3-24-25(33)9-8-22-18-23(41)19-27(28(22)24)39-20-26-29(31(39)42)30(38-10-6-4-5-7-11-38)35-32(34-26)43-17-16-36-12-14-37(15-13-36)21(2)40/h8-9,18-19,41H,3-7,10-17,20H2,1-2H3. The molecular weight excluding hydrogens is 551 g/mol. The van der Waals surface area contributed by atoms with E-state index < -0.39 is 0 Å². The Morgan fingerprint density at radius 2 is 1.77 bits per heavy atom. The maximum atomic E-state index is 14.9. The number of aryl methyl sites for hydroxylation is 1. The van der Waals surface area contributed by atoms with E-state index >= 15 is 0 Å². The number of hydrogen-bond acceptors (Lipinski definition) is 8. The number of aromatic nitrogens is 2. The number of hydrogen-bond donors (Lipinski definition) is 1. The van der Waals surface area contributed by atoms with Gasteiger partial charge in [-0.25, -0.2) is 4.39 Å². The fourth-order valence-corrected chi connectivity index (χ4v) is 6.52. The van der Waals surface area contributed by atoms with E-state index in [9.17, 15) is 19.1 Å². The number of rotatable bonds is 7. The first-order valence-electron chi connectivity index (χ1n) is 15.4. The van der Waals surface area contributed by atoms with Crippen molar-refractivity contribution in [3.8, 4) is 11.8 Å². The summed E-state index contributed by atoms with van der Waals surface area (Å²) >= 11 is 0. The van der Waals surface area contributed by atoms with Crippen molar-refractivity contribution in [1.29, 1.82) is 0 Å². The summed E-state index contributed by atoms with van der Waals surface area (Å²) in [5.41, 5.74) is 1.97. The Balaban J connectivity index is 1.31. The van der Waals surface area contributed by atoms with Crippen LogP contribution in [0.2, 0.25) is 0 Å². The average Bonchev–Trinajstić information content (AvgIpc) is 3.14. The maximum absolute atomic E-state index is 14.9. The first-order chi connectivity index (χ1) is 20.8. The fourth-order valence-electron chi connectivity index (χ4n) is 6.52. The molecule has 3 aliphatic rings. The van der Waals surface area contributed by atoms with Crippen molar-refractivity contribution in [2.75, 3.05) is 62.2 Å². The number of nitrogens with zero attached hydrogens (tertiary/aromatic N) is 6. The summed E-state index contributed by atoms with van der Waals surface area (Å²) in [6, 6.07) is 6.40. The van der Waals surface area contributed by atoms with Gasteiger partial charge < -0.3 is 24.5 Å². The smallest absolute Gasteiger partial charge is 0.318 e. The number of aromatic hydroxyl groups is 1. The third-order valence-electron chi connectivity index (χ3n) is 8.85. The van der Waals surface area contributed by atoms with E-state index in [1.165, 1.54) is 12.1 Å². The number of phenols is 1. The Kier molecular flexibility index (Phi) is 8.34. The van der Waals surface area contributed by atoms with Gasteiger partial charge in [0.1, 0.15) is 29.6 Å². The minimum Gasteiger partial charge on any atom is -0.508 e. The van der Waals surface area contributed by atoms with E-state index in [4.69, 9.17) is 14.7 Å². The highest BCUT2D eigenvalue weighted by Crippen LogP contribution is 2.41. The van der Waals surface area contributed by atoms with Crippen molar-refractivity contribution >= 4 is 34.1 Å². The fraction of sp³-hybridized carbons (Fsp3) is 0.500. The predicted molar refractivity (Wildman–Crippen MR) is 162 cm³/mol. The first-order valence-corrected chi connectivity index (χ1v) is 15.4. The van der Waals surface area contributed by atoms with E-state index in [1.54, 1.807) is 24.0 Å². The summed E-state index contributed by atoms with van der Waals surface area (Å²) in [5, 5.41) is 11.9. The average molecular weight is 591 g/mol. The Hall–Kier alpha value is -3.99. The van der Waals surface area contributed by atoms with Crippen LogP contribution in [0.4, 0.5) is 15.9 Å². The van der Waals surface area contributed by atoms with Gasteiger partial charge in [0.15, 0.2) is 0 Å². The molecule has 0 atom stereocenters. The maximum Gasteiger partial charge on any atom is 0.318 e. The summed E-state index contributed by atoms with van der Waals surface area (Å²) in [6.45, 7) is 9.26. The van der Waals surface area contributed by atoms with Crippen LogP contribution in [0.15, 0.2) is 24.3 Å². The number of anilines is 2. The summed E-state index contributed by atoms with van der Waals surface area (Å²) in [7, 11) is 0. The van der Waals surface area contributed by atoms with Gasteiger partial charge in [-0.2, -0.15) is 9.97 Å².